The Morgan fingerprint density at radius 1 is 1.00 bits per heavy atom. The molecule has 1 fully saturated rings. The first kappa shape index (κ1) is 25.3. The minimum absolute atomic E-state index is 0.0101. The van der Waals surface area contributed by atoms with Crippen molar-refractivity contribution < 1.29 is 18.7 Å². The van der Waals surface area contributed by atoms with Crippen molar-refractivity contribution in [3.8, 4) is 11.5 Å². The van der Waals surface area contributed by atoms with Crippen LogP contribution in [0, 0.1) is 18.7 Å². The molecule has 1 aromatic heterocycles. The van der Waals surface area contributed by atoms with Gasteiger partial charge < -0.3 is 9.64 Å². The largest absolute Gasteiger partial charge is 0.457 e. The zero-order valence-electron chi connectivity index (χ0n) is 21.2. The van der Waals surface area contributed by atoms with E-state index in [0.717, 1.165) is 12.0 Å². The number of hydrogen-bond donors (Lipinski definition) is 0. The van der Waals surface area contributed by atoms with Gasteiger partial charge in [0.25, 0.3) is 0 Å². The molecule has 0 aliphatic carbocycles. The summed E-state index contributed by atoms with van der Waals surface area (Å²) >= 11 is 0. The topological polar surface area (TPSA) is 77.3 Å². The van der Waals surface area contributed by atoms with Gasteiger partial charge in [-0.3, -0.25) is 9.59 Å². The Morgan fingerprint density at radius 2 is 1.74 bits per heavy atom. The Balaban J connectivity index is 1.27. The van der Waals surface area contributed by atoms with Crippen LogP contribution < -0.4 is 4.74 Å². The number of benzene rings is 3. The van der Waals surface area contributed by atoms with Crippen molar-refractivity contribution in [3.63, 3.8) is 0 Å². The molecule has 0 saturated carbocycles. The molecule has 7 nitrogen and oxygen atoms in total. The lowest BCUT2D eigenvalue weighted by Gasteiger charge is -2.23. The molecule has 1 amide bonds. The van der Waals surface area contributed by atoms with Crippen LogP contribution in [-0.2, 0) is 29.0 Å². The van der Waals surface area contributed by atoms with Crippen molar-refractivity contribution in [1.82, 2.24) is 19.7 Å². The van der Waals surface area contributed by atoms with Crippen LogP contribution in [0.1, 0.15) is 23.1 Å². The number of halogens is 1. The molecule has 1 aliphatic rings. The van der Waals surface area contributed by atoms with E-state index in [1.807, 2.05) is 18.2 Å². The maximum absolute atomic E-state index is 13.5. The van der Waals surface area contributed by atoms with E-state index >= 15 is 0 Å². The van der Waals surface area contributed by atoms with Gasteiger partial charge in [0, 0.05) is 13.0 Å². The van der Waals surface area contributed by atoms with E-state index in [1.165, 1.54) is 40.6 Å². The van der Waals surface area contributed by atoms with Crippen molar-refractivity contribution in [2.45, 2.75) is 38.8 Å². The summed E-state index contributed by atoms with van der Waals surface area (Å²) in [6.45, 7) is 2.65. The van der Waals surface area contributed by atoms with Gasteiger partial charge in [-0.15, -0.1) is 0 Å². The third kappa shape index (κ3) is 6.32. The first-order chi connectivity index (χ1) is 18.4. The predicted octanol–water partition coefficient (Wildman–Crippen LogP) is 4.79. The molecule has 0 spiro atoms. The fourth-order valence-electron chi connectivity index (χ4n) is 5.00. The number of hydrogen-bond acceptors (Lipinski definition) is 5. The predicted molar refractivity (Wildman–Crippen MR) is 140 cm³/mol. The highest BCUT2D eigenvalue weighted by molar-refractivity contribution is 5.91. The summed E-state index contributed by atoms with van der Waals surface area (Å²) in [6.07, 6.45) is 4.55. The van der Waals surface area contributed by atoms with Gasteiger partial charge in [-0.1, -0.05) is 42.0 Å². The molecule has 0 unspecified atom stereocenters. The fourth-order valence-corrected chi connectivity index (χ4v) is 5.00. The minimum Gasteiger partial charge on any atom is -0.457 e. The molecule has 2 atom stereocenters. The maximum atomic E-state index is 13.5. The van der Waals surface area contributed by atoms with Gasteiger partial charge >= 0.3 is 0 Å². The number of aromatic nitrogens is 3. The Kier molecular flexibility index (Phi) is 7.58. The molecule has 1 saturated heterocycles. The number of carbonyl (C=O) groups is 2. The number of ketones is 1. The number of aryl methyl sites for hydroxylation is 1. The van der Waals surface area contributed by atoms with Gasteiger partial charge in [0.15, 0.2) is 5.78 Å². The van der Waals surface area contributed by atoms with E-state index in [0.29, 0.717) is 24.5 Å². The number of amides is 1. The number of Topliss-reactive ketones (excluding diaryl/α,β-unsaturated/α-hetero) is 1. The second kappa shape index (κ2) is 11.4. The molecular formula is C30H29FN4O3. The molecule has 8 heteroatoms. The van der Waals surface area contributed by atoms with Crippen molar-refractivity contribution >= 4 is 11.7 Å². The highest BCUT2D eigenvalue weighted by Crippen LogP contribution is 2.29. The second-order valence-electron chi connectivity index (χ2n) is 9.79. The first-order valence-electron chi connectivity index (χ1n) is 12.7. The van der Waals surface area contributed by atoms with Crippen LogP contribution >= 0.6 is 0 Å². The Morgan fingerprint density at radius 3 is 2.42 bits per heavy atom. The summed E-state index contributed by atoms with van der Waals surface area (Å²) in [6, 6.07) is 20.9. The molecule has 2 heterocycles. The summed E-state index contributed by atoms with van der Waals surface area (Å²) in [5, 5.41) is 4.05. The monoisotopic (exact) mass is 512 g/mol. The summed E-state index contributed by atoms with van der Waals surface area (Å²) in [4.78, 5) is 32.3. The molecule has 4 aromatic rings. The van der Waals surface area contributed by atoms with Crippen LogP contribution in [0.15, 0.2) is 85.5 Å². The van der Waals surface area contributed by atoms with E-state index in [-0.39, 0.29) is 36.4 Å². The molecule has 0 bridgehead atoms. The van der Waals surface area contributed by atoms with Gasteiger partial charge in [-0.25, -0.2) is 14.1 Å². The van der Waals surface area contributed by atoms with Gasteiger partial charge in [0.2, 0.25) is 5.91 Å². The maximum Gasteiger partial charge on any atom is 0.244 e. The number of ether oxygens (including phenoxy) is 1. The summed E-state index contributed by atoms with van der Waals surface area (Å²) in [5.41, 5.74) is 3.25. The van der Waals surface area contributed by atoms with Crippen LogP contribution in [0.5, 0.6) is 11.5 Å². The van der Waals surface area contributed by atoms with Crippen LogP contribution in [0.25, 0.3) is 0 Å². The molecule has 1 aliphatic heterocycles. The lowest BCUT2D eigenvalue weighted by atomic mass is 9.93. The van der Waals surface area contributed by atoms with E-state index in [2.05, 4.69) is 35.2 Å². The van der Waals surface area contributed by atoms with Crippen molar-refractivity contribution in [1.29, 1.82) is 0 Å². The Bertz CT molecular complexity index is 1390. The lowest BCUT2D eigenvalue weighted by Crippen LogP contribution is -2.42. The van der Waals surface area contributed by atoms with E-state index in [1.54, 1.807) is 29.2 Å². The van der Waals surface area contributed by atoms with Crippen molar-refractivity contribution in [2.75, 3.05) is 6.54 Å². The van der Waals surface area contributed by atoms with Crippen molar-refractivity contribution in [2.24, 2.45) is 5.92 Å². The average Bonchev–Trinajstić information content (AvgIpc) is 3.57. The van der Waals surface area contributed by atoms with Gasteiger partial charge in [0.1, 0.15) is 36.5 Å². The lowest BCUT2D eigenvalue weighted by molar-refractivity contribution is -0.138. The highest BCUT2D eigenvalue weighted by Gasteiger charge is 2.39. The number of carbonyl (C=O) groups excluding carboxylic acids is 2. The number of nitrogens with zero attached hydrogens (tertiary/aromatic N) is 4. The Hall–Kier alpha value is -4.33. The third-order valence-corrected chi connectivity index (χ3v) is 6.80. The number of likely N-dealkylation sites (tertiary alicyclic amines) is 1. The quantitative estimate of drug-likeness (QED) is 0.322. The minimum atomic E-state index is -0.490. The van der Waals surface area contributed by atoms with E-state index in [4.69, 9.17) is 4.74 Å². The molecule has 3 aromatic carbocycles. The van der Waals surface area contributed by atoms with Crippen LogP contribution in [0.4, 0.5) is 4.39 Å². The van der Waals surface area contributed by atoms with Crippen LogP contribution in [0.2, 0.25) is 0 Å². The third-order valence-electron chi connectivity index (χ3n) is 6.80. The summed E-state index contributed by atoms with van der Waals surface area (Å²) in [7, 11) is 0. The summed E-state index contributed by atoms with van der Waals surface area (Å²) in [5.74, 6) is 0.864. The normalized spacial score (nSPS) is 16.9. The summed E-state index contributed by atoms with van der Waals surface area (Å²) < 4.78 is 20.4. The van der Waals surface area contributed by atoms with E-state index in [9.17, 15) is 14.0 Å². The fraction of sp³-hybridized carbons (Fsp3) is 0.267. The first-order valence-corrected chi connectivity index (χ1v) is 12.7. The van der Waals surface area contributed by atoms with Gasteiger partial charge in [0.05, 0.1) is 6.04 Å². The average molecular weight is 513 g/mol. The molecule has 5 rings (SSSR count). The molecule has 194 valence electrons. The highest BCUT2D eigenvalue weighted by atomic mass is 19.1. The van der Waals surface area contributed by atoms with Crippen molar-refractivity contribution in [3.05, 3.63) is 108 Å². The number of rotatable bonds is 9. The van der Waals surface area contributed by atoms with Crippen LogP contribution in [-0.4, -0.2) is 43.9 Å². The zero-order chi connectivity index (χ0) is 26.5. The molecule has 38 heavy (non-hydrogen) atoms. The van der Waals surface area contributed by atoms with Crippen LogP contribution in [0.3, 0.4) is 0 Å². The molecule has 0 radical (unpaired) electrons. The van der Waals surface area contributed by atoms with Gasteiger partial charge in [-0.2, -0.15) is 5.10 Å². The second-order valence-corrected chi connectivity index (χ2v) is 9.79. The SMILES string of the molecule is Cc1cccc(C[C@@H]2C[C@@H](C(=O)Cc3ccc(Oc4ccc(F)cc4)cc3)N(C(=O)Cn3cncn3)C2)c1. The van der Waals surface area contributed by atoms with E-state index < -0.39 is 6.04 Å². The standard InChI is InChI=1S/C30H29FN4O3/c1-21-3-2-4-23(13-21)14-24-15-28(35(17-24)30(37)18-34-20-32-19-33-34)29(36)16-22-5-9-26(10-6-22)38-27-11-7-25(31)8-12-27/h2-13,19-20,24,28H,14-18H2,1H3/t24-,28+/m1/s1. The zero-order valence-corrected chi connectivity index (χ0v) is 21.2. The molecule has 0 N–H and O–H groups in total. The molecular weight excluding hydrogens is 483 g/mol. The van der Waals surface area contributed by atoms with Gasteiger partial charge in [-0.05, 0) is 73.2 Å². The Labute approximate surface area is 220 Å². The smallest absolute Gasteiger partial charge is 0.244 e.